The summed E-state index contributed by atoms with van der Waals surface area (Å²) in [4.78, 5) is 31.1. The molecule has 1 aromatic rings. The Bertz CT molecular complexity index is 565. The van der Waals surface area contributed by atoms with E-state index in [9.17, 15) is 9.59 Å². The van der Waals surface area contributed by atoms with Crippen molar-refractivity contribution in [2.45, 2.75) is 26.7 Å². The molecule has 24 heavy (non-hydrogen) atoms. The van der Waals surface area contributed by atoms with Crippen LogP contribution in [0.25, 0.3) is 0 Å². The third-order valence-electron chi connectivity index (χ3n) is 4.66. The van der Waals surface area contributed by atoms with Gasteiger partial charge in [-0.15, -0.1) is 0 Å². The van der Waals surface area contributed by atoms with Crippen molar-refractivity contribution in [3.8, 4) is 0 Å². The molecule has 0 bridgehead atoms. The van der Waals surface area contributed by atoms with Crippen molar-refractivity contribution in [2.75, 3.05) is 46.3 Å². The highest BCUT2D eigenvalue weighted by Gasteiger charge is 2.22. The van der Waals surface area contributed by atoms with Crippen molar-refractivity contribution in [2.24, 2.45) is 0 Å². The van der Waals surface area contributed by atoms with Crippen molar-refractivity contribution in [3.05, 3.63) is 35.4 Å². The zero-order valence-corrected chi connectivity index (χ0v) is 15.1. The van der Waals surface area contributed by atoms with E-state index in [2.05, 4.69) is 18.7 Å². The smallest absolute Gasteiger partial charge is 0.253 e. The van der Waals surface area contributed by atoms with Crippen LogP contribution in [0.2, 0.25) is 0 Å². The van der Waals surface area contributed by atoms with Gasteiger partial charge in [-0.3, -0.25) is 9.59 Å². The maximum absolute atomic E-state index is 12.7. The average Bonchev–Trinajstić information content (AvgIpc) is 2.65. The Morgan fingerprint density at radius 1 is 1.08 bits per heavy atom. The Kier molecular flexibility index (Phi) is 6.79. The molecule has 132 valence electrons. The normalized spacial score (nSPS) is 15.4. The van der Waals surface area contributed by atoms with Crippen LogP contribution in [0.15, 0.2) is 24.3 Å². The first-order valence-corrected chi connectivity index (χ1v) is 8.94. The predicted octanol–water partition coefficient (Wildman–Crippen LogP) is 2.34. The van der Waals surface area contributed by atoms with Crippen LogP contribution < -0.4 is 0 Å². The quantitative estimate of drug-likeness (QED) is 0.804. The van der Waals surface area contributed by atoms with E-state index < -0.39 is 0 Å². The summed E-state index contributed by atoms with van der Waals surface area (Å²) in [6.45, 7) is 9.35. The van der Waals surface area contributed by atoms with Crippen LogP contribution in [0.3, 0.4) is 0 Å². The van der Waals surface area contributed by atoms with Gasteiger partial charge >= 0.3 is 0 Å². The summed E-state index contributed by atoms with van der Waals surface area (Å²) in [6, 6.07) is 7.13. The lowest BCUT2D eigenvalue weighted by Crippen LogP contribution is -2.48. The summed E-state index contributed by atoms with van der Waals surface area (Å²) in [7, 11) is 1.82. The lowest BCUT2D eigenvalue weighted by Gasteiger charge is -2.34. The van der Waals surface area contributed by atoms with E-state index in [-0.39, 0.29) is 11.8 Å². The van der Waals surface area contributed by atoms with E-state index in [1.54, 1.807) is 29.2 Å². The molecule has 1 saturated heterocycles. The van der Waals surface area contributed by atoms with Gasteiger partial charge in [0.2, 0.25) is 0 Å². The molecule has 0 spiro atoms. The van der Waals surface area contributed by atoms with Crippen LogP contribution in [0.5, 0.6) is 0 Å². The summed E-state index contributed by atoms with van der Waals surface area (Å²) >= 11 is 0. The molecule has 1 aliphatic heterocycles. The minimum Gasteiger partial charge on any atom is -0.342 e. The summed E-state index contributed by atoms with van der Waals surface area (Å²) in [6.07, 6.45) is 2.04. The molecule has 0 aliphatic carbocycles. The molecule has 0 radical (unpaired) electrons. The van der Waals surface area contributed by atoms with Gasteiger partial charge in [0.25, 0.3) is 11.8 Å². The molecule has 1 heterocycles. The second-order valence-corrected chi connectivity index (χ2v) is 6.39. The molecule has 1 aliphatic rings. The van der Waals surface area contributed by atoms with Crippen LogP contribution in [-0.2, 0) is 0 Å². The fraction of sp³-hybridized carbons (Fsp3) is 0.579. The van der Waals surface area contributed by atoms with Gasteiger partial charge in [0, 0.05) is 50.9 Å². The first kappa shape index (κ1) is 18.5. The van der Waals surface area contributed by atoms with Crippen molar-refractivity contribution in [1.82, 2.24) is 14.7 Å². The molecule has 0 aromatic heterocycles. The van der Waals surface area contributed by atoms with E-state index in [0.29, 0.717) is 11.1 Å². The molecular weight excluding hydrogens is 302 g/mol. The maximum atomic E-state index is 12.7. The molecule has 0 unspecified atom stereocenters. The van der Waals surface area contributed by atoms with Gasteiger partial charge in [0.15, 0.2) is 0 Å². The fourth-order valence-corrected chi connectivity index (χ4v) is 2.95. The number of nitrogens with zero attached hydrogens (tertiary/aromatic N) is 3. The number of carbonyl (C=O) groups is 2. The van der Waals surface area contributed by atoms with Gasteiger partial charge in [0.05, 0.1) is 0 Å². The van der Waals surface area contributed by atoms with Crippen molar-refractivity contribution >= 4 is 11.8 Å². The maximum Gasteiger partial charge on any atom is 0.253 e. The Morgan fingerprint density at radius 3 is 2.38 bits per heavy atom. The van der Waals surface area contributed by atoms with Gasteiger partial charge in [-0.05, 0) is 31.2 Å². The number of unbranched alkanes of at least 4 members (excludes halogenated alkanes) is 1. The summed E-state index contributed by atoms with van der Waals surface area (Å²) < 4.78 is 0. The monoisotopic (exact) mass is 331 g/mol. The van der Waals surface area contributed by atoms with Crippen LogP contribution >= 0.6 is 0 Å². The molecule has 0 N–H and O–H groups in total. The highest BCUT2D eigenvalue weighted by molar-refractivity contribution is 5.99. The standard InChI is InChI=1S/C19H29N3O2/c1-4-6-10-20(3)18(23)16-8-7-9-17(15-16)19(24)22-13-11-21(5-2)12-14-22/h7-9,15H,4-6,10-14H2,1-3H3. The molecule has 2 amide bonds. The van der Waals surface area contributed by atoms with E-state index in [1.165, 1.54) is 0 Å². The highest BCUT2D eigenvalue weighted by Crippen LogP contribution is 2.13. The van der Waals surface area contributed by atoms with Gasteiger partial charge in [-0.25, -0.2) is 0 Å². The lowest BCUT2D eigenvalue weighted by atomic mass is 10.1. The fourth-order valence-electron chi connectivity index (χ4n) is 2.95. The van der Waals surface area contributed by atoms with Crippen LogP contribution in [0, 0.1) is 0 Å². The van der Waals surface area contributed by atoms with Gasteiger partial charge in [-0.2, -0.15) is 0 Å². The van der Waals surface area contributed by atoms with Gasteiger partial charge in [-0.1, -0.05) is 26.3 Å². The SMILES string of the molecule is CCCCN(C)C(=O)c1cccc(C(=O)N2CCN(CC)CC2)c1. The topological polar surface area (TPSA) is 43.9 Å². The summed E-state index contributed by atoms with van der Waals surface area (Å²) in [5.41, 5.74) is 1.20. The molecule has 0 saturated carbocycles. The zero-order valence-electron chi connectivity index (χ0n) is 15.1. The minimum atomic E-state index is -0.0195. The molecule has 0 atom stereocenters. The van der Waals surface area contributed by atoms with Crippen LogP contribution in [0.4, 0.5) is 0 Å². The highest BCUT2D eigenvalue weighted by atomic mass is 16.2. The van der Waals surface area contributed by atoms with Gasteiger partial charge < -0.3 is 14.7 Å². The average molecular weight is 331 g/mol. The van der Waals surface area contributed by atoms with Crippen molar-refractivity contribution in [1.29, 1.82) is 0 Å². The second-order valence-electron chi connectivity index (χ2n) is 6.39. The largest absolute Gasteiger partial charge is 0.342 e. The van der Waals surface area contributed by atoms with Crippen LogP contribution in [-0.4, -0.2) is 72.8 Å². The Morgan fingerprint density at radius 2 is 1.75 bits per heavy atom. The molecule has 1 aromatic carbocycles. The Balaban J connectivity index is 2.04. The Hall–Kier alpha value is -1.88. The number of hydrogen-bond acceptors (Lipinski definition) is 3. The molecule has 2 rings (SSSR count). The third kappa shape index (κ3) is 4.57. The summed E-state index contributed by atoms with van der Waals surface area (Å²) in [5, 5.41) is 0. The summed E-state index contributed by atoms with van der Waals surface area (Å²) in [5.74, 6) is 0.00511. The molecule has 5 heteroatoms. The first-order valence-electron chi connectivity index (χ1n) is 8.94. The lowest BCUT2D eigenvalue weighted by molar-refractivity contribution is 0.0643. The third-order valence-corrected chi connectivity index (χ3v) is 4.66. The van der Waals surface area contributed by atoms with E-state index in [4.69, 9.17) is 0 Å². The number of likely N-dealkylation sites (N-methyl/N-ethyl adjacent to an activating group) is 1. The van der Waals surface area contributed by atoms with Gasteiger partial charge in [0.1, 0.15) is 0 Å². The number of piperazine rings is 1. The first-order chi connectivity index (χ1) is 11.6. The Labute approximate surface area is 145 Å². The molecule has 5 nitrogen and oxygen atoms in total. The predicted molar refractivity (Wildman–Crippen MR) is 96.3 cm³/mol. The molecular formula is C19H29N3O2. The minimum absolute atomic E-state index is 0.0195. The second kappa shape index (κ2) is 8.83. The van der Waals surface area contributed by atoms with Crippen molar-refractivity contribution < 1.29 is 9.59 Å². The van der Waals surface area contributed by atoms with E-state index in [1.807, 2.05) is 11.9 Å². The molecule has 1 fully saturated rings. The number of amides is 2. The van der Waals surface area contributed by atoms with Crippen LogP contribution in [0.1, 0.15) is 47.4 Å². The number of rotatable bonds is 6. The van der Waals surface area contributed by atoms with E-state index in [0.717, 1.165) is 52.1 Å². The number of carbonyl (C=O) groups excluding carboxylic acids is 2. The van der Waals surface area contributed by atoms with Crippen molar-refractivity contribution in [3.63, 3.8) is 0 Å². The number of hydrogen-bond donors (Lipinski definition) is 0. The zero-order chi connectivity index (χ0) is 17.5. The van der Waals surface area contributed by atoms with E-state index >= 15 is 0 Å². The number of benzene rings is 1.